The maximum atomic E-state index is 11.9. The summed E-state index contributed by atoms with van der Waals surface area (Å²) in [6.07, 6.45) is 3.05. The van der Waals surface area contributed by atoms with Gasteiger partial charge in [-0.1, -0.05) is 42.6 Å². The van der Waals surface area contributed by atoms with E-state index in [0.717, 1.165) is 30.4 Å². The quantitative estimate of drug-likeness (QED) is 0.337. The molecule has 0 aliphatic rings. The molecule has 0 radical (unpaired) electrons. The van der Waals surface area contributed by atoms with Crippen molar-refractivity contribution in [3.05, 3.63) is 75.8 Å². The van der Waals surface area contributed by atoms with E-state index >= 15 is 0 Å². The second-order valence-electron chi connectivity index (χ2n) is 7.14. The minimum absolute atomic E-state index is 0.206. The number of aromatic carboxylic acids is 1. The van der Waals surface area contributed by atoms with Gasteiger partial charge in [-0.25, -0.2) is 9.78 Å². The fraction of sp³-hybridized carbons (Fsp3) is 0.167. The van der Waals surface area contributed by atoms with Crippen molar-refractivity contribution in [1.82, 2.24) is 4.98 Å². The number of hydrogen-bond acceptors (Lipinski definition) is 3. The van der Waals surface area contributed by atoms with Crippen molar-refractivity contribution in [2.24, 2.45) is 0 Å². The zero-order chi connectivity index (χ0) is 21.3. The molecule has 1 N–H and O–H groups in total. The lowest BCUT2D eigenvalue weighted by atomic mass is 10.0. The first kappa shape index (κ1) is 20.5. The number of aryl methyl sites for hydroxylation is 1. The van der Waals surface area contributed by atoms with Crippen LogP contribution in [0.5, 0.6) is 0 Å². The lowest BCUT2D eigenvalue weighted by molar-refractivity contribution is 0.0699. The van der Waals surface area contributed by atoms with Crippen LogP contribution in [-0.4, -0.2) is 16.1 Å². The molecule has 0 saturated carbocycles. The number of furan rings is 1. The van der Waals surface area contributed by atoms with Gasteiger partial charge in [-0.15, -0.1) is 0 Å². The summed E-state index contributed by atoms with van der Waals surface area (Å²) in [5, 5.41) is 11.4. The van der Waals surface area contributed by atoms with Crippen molar-refractivity contribution in [3.63, 3.8) is 0 Å². The van der Waals surface area contributed by atoms with Crippen LogP contribution in [0.25, 0.3) is 33.7 Å². The fourth-order valence-corrected chi connectivity index (χ4v) is 3.97. The average Bonchev–Trinajstić information content (AvgIpc) is 3.21. The summed E-state index contributed by atoms with van der Waals surface area (Å²) in [5.41, 5.74) is 3.13. The van der Waals surface area contributed by atoms with Crippen LogP contribution in [0.15, 0.2) is 59.0 Å². The number of rotatable bonds is 6. The van der Waals surface area contributed by atoms with E-state index in [2.05, 4.69) is 11.9 Å². The van der Waals surface area contributed by atoms with Crippen LogP contribution >= 0.6 is 23.2 Å². The molecule has 30 heavy (non-hydrogen) atoms. The molecule has 4 nitrogen and oxygen atoms in total. The SMILES string of the molecule is CCCCc1ccc2nc(-c3ccc(-c4cc(Cl)cc(Cl)c4)o3)cc(C(=O)O)c2c1. The van der Waals surface area contributed by atoms with Crippen LogP contribution in [0.1, 0.15) is 35.7 Å². The predicted molar refractivity (Wildman–Crippen MR) is 120 cm³/mol. The standard InChI is InChI=1S/C24H19Cl2NO3/c1-2-3-4-14-5-6-20-18(9-14)19(24(28)29)13-21(27-20)23-8-7-22(30-23)15-10-16(25)12-17(26)11-15/h5-13H,2-4H2,1H3,(H,28,29). The highest BCUT2D eigenvalue weighted by Gasteiger charge is 2.16. The number of carbonyl (C=O) groups is 1. The van der Waals surface area contributed by atoms with E-state index in [0.29, 0.717) is 38.2 Å². The van der Waals surface area contributed by atoms with Crippen LogP contribution in [0.3, 0.4) is 0 Å². The maximum absolute atomic E-state index is 11.9. The van der Waals surface area contributed by atoms with Crippen molar-refractivity contribution in [2.45, 2.75) is 26.2 Å². The molecule has 0 atom stereocenters. The lowest BCUT2D eigenvalue weighted by Crippen LogP contribution is -2.01. The smallest absolute Gasteiger partial charge is 0.336 e. The third-order valence-electron chi connectivity index (χ3n) is 4.93. The second kappa shape index (κ2) is 8.50. The highest BCUT2D eigenvalue weighted by molar-refractivity contribution is 6.35. The van der Waals surface area contributed by atoms with Gasteiger partial charge in [0, 0.05) is 21.0 Å². The molecule has 2 heterocycles. The Kier molecular flexibility index (Phi) is 5.80. The number of unbranched alkanes of at least 4 members (excludes halogenated alkanes) is 1. The Morgan fingerprint density at radius 3 is 2.43 bits per heavy atom. The predicted octanol–water partition coefficient (Wildman–Crippen LogP) is 7.51. The molecular weight excluding hydrogens is 421 g/mol. The summed E-state index contributed by atoms with van der Waals surface area (Å²) in [7, 11) is 0. The van der Waals surface area contributed by atoms with Crippen molar-refractivity contribution in [1.29, 1.82) is 0 Å². The Hall–Kier alpha value is -2.82. The molecule has 0 amide bonds. The second-order valence-corrected chi connectivity index (χ2v) is 8.01. The normalized spacial score (nSPS) is 11.2. The van der Waals surface area contributed by atoms with Crippen LogP contribution in [0.4, 0.5) is 0 Å². The Labute approximate surface area is 184 Å². The Bertz CT molecular complexity index is 1230. The minimum Gasteiger partial charge on any atom is -0.478 e. The van der Waals surface area contributed by atoms with Crippen molar-refractivity contribution in [2.75, 3.05) is 0 Å². The lowest BCUT2D eigenvalue weighted by Gasteiger charge is -2.08. The number of aromatic nitrogens is 1. The first-order chi connectivity index (χ1) is 14.4. The van der Waals surface area contributed by atoms with Gasteiger partial charge in [0.1, 0.15) is 11.5 Å². The van der Waals surface area contributed by atoms with Gasteiger partial charge in [-0.05, 0) is 66.9 Å². The Morgan fingerprint density at radius 2 is 1.73 bits per heavy atom. The van der Waals surface area contributed by atoms with Gasteiger partial charge in [0.05, 0.1) is 11.1 Å². The topological polar surface area (TPSA) is 63.3 Å². The molecule has 0 aliphatic carbocycles. The van der Waals surface area contributed by atoms with E-state index in [4.69, 9.17) is 27.6 Å². The number of hydrogen-bond donors (Lipinski definition) is 1. The Balaban J connectivity index is 1.78. The summed E-state index contributed by atoms with van der Waals surface area (Å²) in [6.45, 7) is 2.13. The van der Waals surface area contributed by atoms with E-state index in [1.807, 2.05) is 18.2 Å². The average molecular weight is 440 g/mol. The molecule has 4 aromatic rings. The molecule has 0 unspecified atom stereocenters. The summed E-state index contributed by atoms with van der Waals surface area (Å²) in [5.74, 6) is 0.0494. The molecule has 6 heteroatoms. The molecule has 152 valence electrons. The zero-order valence-electron chi connectivity index (χ0n) is 16.3. The molecule has 2 aromatic carbocycles. The summed E-state index contributed by atoms with van der Waals surface area (Å²) in [4.78, 5) is 16.6. The monoisotopic (exact) mass is 439 g/mol. The van der Waals surface area contributed by atoms with E-state index < -0.39 is 5.97 Å². The number of carboxylic acid groups (broad SMARTS) is 1. The van der Waals surface area contributed by atoms with Gasteiger partial charge in [-0.2, -0.15) is 0 Å². The molecule has 0 bridgehead atoms. The number of halogens is 2. The molecule has 0 saturated heterocycles. The van der Waals surface area contributed by atoms with E-state index in [1.165, 1.54) is 0 Å². The highest BCUT2D eigenvalue weighted by atomic mass is 35.5. The van der Waals surface area contributed by atoms with Crippen LogP contribution in [0.2, 0.25) is 10.0 Å². The third kappa shape index (κ3) is 4.20. The Morgan fingerprint density at radius 1 is 1.00 bits per heavy atom. The summed E-state index contributed by atoms with van der Waals surface area (Å²) < 4.78 is 5.95. The number of nitrogens with zero attached hydrogens (tertiary/aromatic N) is 1. The van der Waals surface area contributed by atoms with Crippen molar-refractivity contribution in [3.8, 4) is 22.8 Å². The molecular formula is C24H19Cl2NO3. The van der Waals surface area contributed by atoms with Gasteiger partial charge in [0.15, 0.2) is 5.76 Å². The van der Waals surface area contributed by atoms with Gasteiger partial charge >= 0.3 is 5.97 Å². The van der Waals surface area contributed by atoms with Crippen molar-refractivity contribution < 1.29 is 14.3 Å². The van der Waals surface area contributed by atoms with E-state index in [1.54, 1.807) is 36.4 Å². The zero-order valence-corrected chi connectivity index (χ0v) is 17.8. The van der Waals surface area contributed by atoms with Gasteiger partial charge in [0.25, 0.3) is 0 Å². The first-order valence-electron chi connectivity index (χ1n) is 9.68. The van der Waals surface area contributed by atoms with Crippen LogP contribution in [-0.2, 0) is 6.42 Å². The number of fused-ring (bicyclic) bond motifs is 1. The van der Waals surface area contributed by atoms with Gasteiger partial charge < -0.3 is 9.52 Å². The minimum atomic E-state index is -0.996. The van der Waals surface area contributed by atoms with Gasteiger partial charge in [-0.3, -0.25) is 0 Å². The molecule has 0 aliphatic heterocycles. The highest BCUT2D eigenvalue weighted by Crippen LogP contribution is 2.33. The maximum Gasteiger partial charge on any atom is 0.336 e. The van der Waals surface area contributed by atoms with Crippen molar-refractivity contribution >= 4 is 40.1 Å². The molecule has 2 aromatic heterocycles. The fourth-order valence-electron chi connectivity index (χ4n) is 3.44. The number of benzene rings is 2. The van der Waals surface area contributed by atoms with E-state index in [-0.39, 0.29) is 5.56 Å². The molecule has 4 rings (SSSR count). The first-order valence-corrected chi connectivity index (χ1v) is 10.4. The van der Waals surface area contributed by atoms with Crippen LogP contribution < -0.4 is 0 Å². The van der Waals surface area contributed by atoms with Crippen LogP contribution in [0, 0.1) is 0 Å². The third-order valence-corrected chi connectivity index (χ3v) is 5.36. The van der Waals surface area contributed by atoms with E-state index in [9.17, 15) is 9.90 Å². The summed E-state index contributed by atoms with van der Waals surface area (Å²) >= 11 is 12.2. The van der Waals surface area contributed by atoms with Gasteiger partial charge in [0.2, 0.25) is 0 Å². The number of carboxylic acids is 1. The largest absolute Gasteiger partial charge is 0.478 e. The number of pyridine rings is 1. The molecule has 0 fully saturated rings. The molecule has 0 spiro atoms. The summed E-state index contributed by atoms with van der Waals surface area (Å²) in [6, 6.07) is 16.1.